The highest BCUT2D eigenvalue weighted by atomic mass is 35.5. The van der Waals surface area contributed by atoms with Crippen molar-refractivity contribution in [2.45, 2.75) is 6.10 Å². The van der Waals surface area contributed by atoms with E-state index in [1.165, 1.54) is 0 Å². The van der Waals surface area contributed by atoms with Gasteiger partial charge in [0, 0.05) is 0 Å². The van der Waals surface area contributed by atoms with E-state index in [2.05, 4.69) is 0 Å². The quantitative estimate of drug-likeness (QED) is 0.915. The van der Waals surface area contributed by atoms with Crippen LogP contribution < -0.4 is 9.47 Å². The van der Waals surface area contributed by atoms with Gasteiger partial charge in [-0.1, -0.05) is 35.3 Å². The Labute approximate surface area is 126 Å². The number of ether oxygens (including phenoxy) is 2. The second kappa shape index (κ2) is 5.52. The number of aliphatic hydroxyl groups excluding tert-OH is 1. The summed E-state index contributed by atoms with van der Waals surface area (Å²) in [6.07, 6.45) is -0.791. The molecule has 1 aliphatic rings. The number of halogens is 2. The normalized spacial score (nSPS) is 14.9. The summed E-state index contributed by atoms with van der Waals surface area (Å²) in [5.74, 6) is 1.34. The average molecular weight is 311 g/mol. The number of aliphatic hydroxyl groups is 1. The summed E-state index contributed by atoms with van der Waals surface area (Å²) >= 11 is 11.8. The van der Waals surface area contributed by atoms with Gasteiger partial charge in [-0.25, -0.2) is 0 Å². The molecule has 2 aromatic rings. The molecule has 104 valence electrons. The van der Waals surface area contributed by atoms with Gasteiger partial charge in [-0.15, -0.1) is 0 Å². The summed E-state index contributed by atoms with van der Waals surface area (Å²) in [4.78, 5) is 0. The van der Waals surface area contributed by atoms with Crippen LogP contribution in [0.4, 0.5) is 0 Å². The lowest BCUT2D eigenvalue weighted by molar-refractivity contribution is 0.169. The van der Waals surface area contributed by atoms with E-state index in [0.29, 0.717) is 45.9 Å². The maximum absolute atomic E-state index is 10.4. The molecule has 0 spiro atoms. The third-order valence-corrected chi connectivity index (χ3v) is 3.88. The monoisotopic (exact) mass is 310 g/mol. The third-order valence-electron chi connectivity index (χ3n) is 3.14. The molecule has 5 heteroatoms. The fraction of sp³-hybridized carbons (Fsp3) is 0.200. The molecule has 1 heterocycles. The molecule has 0 saturated carbocycles. The van der Waals surface area contributed by atoms with Crippen LogP contribution in [0.5, 0.6) is 11.5 Å². The standard InChI is InChI=1S/C15H12Cl2O3/c16-11-3-1-9(7-12(11)17)15(18)10-2-4-13-14(8-10)20-6-5-19-13/h1-4,7-8,15,18H,5-6H2. The van der Waals surface area contributed by atoms with Crippen LogP contribution in [0.1, 0.15) is 17.2 Å². The van der Waals surface area contributed by atoms with Crippen LogP contribution >= 0.6 is 23.2 Å². The predicted octanol–water partition coefficient (Wildman–Crippen LogP) is 3.85. The Balaban J connectivity index is 1.93. The second-order valence-electron chi connectivity index (χ2n) is 4.48. The highest BCUT2D eigenvalue weighted by Gasteiger charge is 2.17. The van der Waals surface area contributed by atoms with E-state index in [4.69, 9.17) is 32.7 Å². The fourth-order valence-electron chi connectivity index (χ4n) is 2.10. The molecule has 0 radical (unpaired) electrons. The zero-order chi connectivity index (χ0) is 14.1. The Morgan fingerprint density at radius 2 is 1.50 bits per heavy atom. The molecule has 20 heavy (non-hydrogen) atoms. The van der Waals surface area contributed by atoms with Gasteiger partial charge in [0.05, 0.1) is 10.0 Å². The zero-order valence-electron chi connectivity index (χ0n) is 10.5. The largest absolute Gasteiger partial charge is 0.486 e. The van der Waals surface area contributed by atoms with Gasteiger partial charge in [-0.3, -0.25) is 0 Å². The van der Waals surface area contributed by atoms with Gasteiger partial charge in [0.1, 0.15) is 19.3 Å². The van der Waals surface area contributed by atoms with Gasteiger partial charge in [0.25, 0.3) is 0 Å². The number of hydrogen-bond donors (Lipinski definition) is 1. The van der Waals surface area contributed by atoms with Gasteiger partial charge in [-0.05, 0) is 35.4 Å². The molecule has 0 bridgehead atoms. The Kier molecular flexibility index (Phi) is 3.74. The molecular weight excluding hydrogens is 299 g/mol. The molecule has 0 fully saturated rings. The van der Waals surface area contributed by atoms with E-state index in [-0.39, 0.29) is 0 Å². The summed E-state index contributed by atoms with van der Waals surface area (Å²) in [5, 5.41) is 11.3. The number of fused-ring (bicyclic) bond motifs is 1. The molecule has 0 amide bonds. The van der Waals surface area contributed by atoms with Gasteiger partial charge >= 0.3 is 0 Å². The minimum Gasteiger partial charge on any atom is -0.486 e. The lowest BCUT2D eigenvalue weighted by Crippen LogP contribution is -2.15. The van der Waals surface area contributed by atoms with E-state index in [1.54, 1.807) is 36.4 Å². The molecule has 0 aromatic heterocycles. The highest BCUT2D eigenvalue weighted by Crippen LogP contribution is 2.35. The summed E-state index contributed by atoms with van der Waals surface area (Å²) < 4.78 is 11.0. The predicted molar refractivity (Wildman–Crippen MR) is 78.0 cm³/mol. The van der Waals surface area contributed by atoms with E-state index in [9.17, 15) is 5.11 Å². The van der Waals surface area contributed by atoms with Gasteiger partial charge in [0.15, 0.2) is 11.5 Å². The molecule has 1 unspecified atom stereocenters. The molecule has 3 nitrogen and oxygen atoms in total. The average Bonchev–Trinajstić information content (AvgIpc) is 2.49. The molecule has 1 atom stereocenters. The van der Waals surface area contributed by atoms with E-state index in [1.807, 2.05) is 0 Å². The van der Waals surface area contributed by atoms with Crippen molar-refractivity contribution in [2.24, 2.45) is 0 Å². The van der Waals surface area contributed by atoms with E-state index >= 15 is 0 Å². The van der Waals surface area contributed by atoms with Gasteiger partial charge < -0.3 is 14.6 Å². The van der Waals surface area contributed by atoms with Crippen molar-refractivity contribution in [1.82, 2.24) is 0 Å². The smallest absolute Gasteiger partial charge is 0.161 e. The number of hydrogen-bond acceptors (Lipinski definition) is 3. The van der Waals surface area contributed by atoms with Crippen LogP contribution in [0.2, 0.25) is 10.0 Å². The Bertz CT molecular complexity index is 643. The molecule has 0 aliphatic carbocycles. The second-order valence-corrected chi connectivity index (χ2v) is 5.29. The third kappa shape index (κ3) is 2.57. The van der Waals surface area contributed by atoms with E-state index in [0.717, 1.165) is 0 Å². The fourth-order valence-corrected chi connectivity index (χ4v) is 2.41. The van der Waals surface area contributed by atoms with Crippen molar-refractivity contribution in [3.63, 3.8) is 0 Å². The lowest BCUT2D eigenvalue weighted by atomic mass is 10.0. The van der Waals surface area contributed by atoms with Crippen molar-refractivity contribution in [2.75, 3.05) is 13.2 Å². The Hall–Kier alpha value is -1.42. The molecule has 2 aromatic carbocycles. The van der Waals surface area contributed by atoms with Crippen molar-refractivity contribution < 1.29 is 14.6 Å². The summed E-state index contributed by atoms with van der Waals surface area (Å²) in [6.45, 7) is 1.06. The van der Waals surface area contributed by atoms with Gasteiger partial charge in [-0.2, -0.15) is 0 Å². The Morgan fingerprint density at radius 1 is 0.850 bits per heavy atom. The lowest BCUT2D eigenvalue weighted by Gasteiger charge is -2.20. The summed E-state index contributed by atoms with van der Waals surface area (Å²) in [5.41, 5.74) is 1.39. The Morgan fingerprint density at radius 3 is 2.25 bits per heavy atom. The van der Waals surface area contributed by atoms with Crippen molar-refractivity contribution >= 4 is 23.2 Å². The van der Waals surface area contributed by atoms with E-state index < -0.39 is 6.10 Å². The molecule has 0 saturated heterocycles. The van der Waals surface area contributed by atoms with Crippen LogP contribution in [-0.4, -0.2) is 18.3 Å². The van der Waals surface area contributed by atoms with Crippen LogP contribution in [0.15, 0.2) is 36.4 Å². The van der Waals surface area contributed by atoms with Gasteiger partial charge in [0.2, 0.25) is 0 Å². The van der Waals surface area contributed by atoms with Crippen molar-refractivity contribution in [3.8, 4) is 11.5 Å². The maximum atomic E-state index is 10.4. The minimum absolute atomic E-state index is 0.417. The van der Waals surface area contributed by atoms with Crippen molar-refractivity contribution in [1.29, 1.82) is 0 Å². The molecule has 1 N–H and O–H groups in total. The maximum Gasteiger partial charge on any atom is 0.161 e. The van der Waals surface area contributed by atoms with Crippen molar-refractivity contribution in [3.05, 3.63) is 57.6 Å². The number of rotatable bonds is 2. The summed E-state index contributed by atoms with van der Waals surface area (Å²) in [7, 11) is 0. The molecule has 1 aliphatic heterocycles. The molecular formula is C15H12Cl2O3. The SMILES string of the molecule is OC(c1ccc(Cl)c(Cl)c1)c1ccc2c(c1)OCCO2. The molecule has 3 rings (SSSR count). The highest BCUT2D eigenvalue weighted by molar-refractivity contribution is 6.42. The number of benzene rings is 2. The summed E-state index contributed by atoms with van der Waals surface area (Å²) in [6, 6.07) is 10.5. The van der Waals surface area contributed by atoms with Crippen LogP contribution in [0, 0.1) is 0 Å². The topological polar surface area (TPSA) is 38.7 Å². The zero-order valence-corrected chi connectivity index (χ0v) is 12.0. The first-order valence-electron chi connectivity index (χ1n) is 6.18. The first-order chi connectivity index (χ1) is 9.65. The van der Waals surface area contributed by atoms with Crippen LogP contribution in [-0.2, 0) is 0 Å². The van der Waals surface area contributed by atoms with Crippen LogP contribution in [0.3, 0.4) is 0 Å². The first-order valence-corrected chi connectivity index (χ1v) is 6.93. The van der Waals surface area contributed by atoms with Crippen LogP contribution in [0.25, 0.3) is 0 Å². The first kappa shape index (κ1) is 13.6. The minimum atomic E-state index is -0.791.